The molecule has 0 aliphatic rings. The quantitative estimate of drug-likeness (QED) is 0.753. The number of carbonyl (C=O) groups is 1. The molecule has 2 N–H and O–H groups in total. The highest BCUT2D eigenvalue weighted by molar-refractivity contribution is 9.10. The number of hydrogen-bond donors (Lipinski definition) is 2. The molecule has 5 heteroatoms. The van der Waals surface area contributed by atoms with E-state index in [-0.39, 0.29) is 5.91 Å². The van der Waals surface area contributed by atoms with Gasteiger partial charge >= 0.3 is 0 Å². The van der Waals surface area contributed by atoms with E-state index in [1.54, 1.807) is 18.6 Å². The van der Waals surface area contributed by atoms with Crippen LogP contribution in [0.3, 0.4) is 0 Å². The lowest BCUT2D eigenvalue weighted by Gasteiger charge is -2.07. The lowest BCUT2D eigenvalue weighted by atomic mass is 10.1. The molecule has 3 rings (SSSR count). The maximum atomic E-state index is 12.2. The predicted molar refractivity (Wildman–Crippen MR) is 86.1 cm³/mol. The highest BCUT2D eigenvalue weighted by Gasteiger charge is 2.09. The van der Waals surface area contributed by atoms with Crippen molar-refractivity contribution >= 4 is 27.5 Å². The van der Waals surface area contributed by atoms with Gasteiger partial charge in [0.2, 0.25) is 0 Å². The van der Waals surface area contributed by atoms with E-state index in [4.69, 9.17) is 0 Å². The average molecular weight is 342 g/mol. The van der Waals surface area contributed by atoms with Crippen LogP contribution < -0.4 is 5.32 Å². The van der Waals surface area contributed by atoms with Gasteiger partial charge in [0.25, 0.3) is 5.91 Å². The van der Waals surface area contributed by atoms with Crippen LogP contribution in [0.1, 0.15) is 10.4 Å². The standard InChI is InChI=1S/C16H12BrN3O/c17-14-4-2-1-3-13(14)16(21)20-12-7-5-11(6-8-12)15-9-18-10-19-15/h1-10H,(H,18,19)(H,20,21). The van der Waals surface area contributed by atoms with Gasteiger partial charge in [-0.1, -0.05) is 24.3 Å². The number of hydrogen-bond acceptors (Lipinski definition) is 2. The number of halogens is 1. The minimum Gasteiger partial charge on any atom is -0.345 e. The monoisotopic (exact) mass is 341 g/mol. The molecule has 1 aromatic heterocycles. The first-order valence-electron chi connectivity index (χ1n) is 6.39. The van der Waals surface area contributed by atoms with E-state index in [1.807, 2.05) is 42.5 Å². The topological polar surface area (TPSA) is 57.8 Å². The summed E-state index contributed by atoms with van der Waals surface area (Å²) in [5, 5.41) is 2.88. The zero-order valence-electron chi connectivity index (χ0n) is 11.0. The number of nitrogens with one attached hydrogen (secondary N) is 2. The van der Waals surface area contributed by atoms with Crippen molar-refractivity contribution in [1.82, 2.24) is 9.97 Å². The second-order valence-corrected chi connectivity index (χ2v) is 5.33. The van der Waals surface area contributed by atoms with Crippen LogP contribution in [0.2, 0.25) is 0 Å². The molecule has 0 saturated heterocycles. The Hall–Kier alpha value is -2.40. The summed E-state index contributed by atoms with van der Waals surface area (Å²) in [5.41, 5.74) is 3.32. The highest BCUT2D eigenvalue weighted by atomic mass is 79.9. The summed E-state index contributed by atoms with van der Waals surface area (Å²) in [6.07, 6.45) is 3.40. The molecule has 1 amide bonds. The molecule has 3 aromatic rings. The fraction of sp³-hybridized carbons (Fsp3) is 0. The third-order valence-corrected chi connectivity index (χ3v) is 3.76. The first-order valence-corrected chi connectivity index (χ1v) is 7.18. The van der Waals surface area contributed by atoms with Crippen molar-refractivity contribution in [3.05, 3.63) is 71.1 Å². The molecular formula is C16H12BrN3O. The Labute approximate surface area is 130 Å². The first-order chi connectivity index (χ1) is 10.2. The molecule has 2 aromatic carbocycles. The number of anilines is 1. The molecule has 0 aliphatic heterocycles. The van der Waals surface area contributed by atoms with Crippen LogP contribution in [-0.2, 0) is 0 Å². The molecule has 1 heterocycles. The van der Waals surface area contributed by atoms with Crippen molar-refractivity contribution in [1.29, 1.82) is 0 Å². The van der Waals surface area contributed by atoms with Crippen LogP contribution in [0.15, 0.2) is 65.5 Å². The molecule has 0 spiro atoms. The van der Waals surface area contributed by atoms with Gasteiger partial charge in [-0.2, -0.15) is 0 Å². The zero-order chi connectivity index (χ0) is 14.7. The molecular weight excluding hydrogens is 330 g/mol. The molecule has 0 saturated carbocycles. The van der Waals surface area contributed by atoms with Gasteiger partial charge in [0.15, 0.2) is 0 Å². The van der Waals surface area contributed by atoms with Crippen LogP contribution >= 0.6 is 15.9 Å². The zero-order valence-corrected chi connectivity index (χ0v) is 12.6. The van der Waals surface area contributed by atoms with E-state index < -0.39 is 0 Å². The van der Waals surface area contributed by atoms with Crippen LogP contribution in [0.25, 0.3) is 11.3 Å². The number of amides is 1. The van der Waals surface area contributed by atoms with Crippen LogP contribution in [-0.4, -0.2) is 15.9 Å². The number of rotatable bonds is 3. The van der Waals surface area contributed by atoms with Crippen molar-refractivity contribution in [3.63, 3.8) is 0 Å². The summed E-state index contributed by atoms with van der Waals surface area (Å²) in [6.45, 7) is 0. The molecule has 0 atom stereocenters. The number of carbonyl (C=O) groups excluding carboxylic acids is 1. The Balaban J connectivity index is 1.77. The van der Waals surface area contributed by atoms with Gasteiger partial charge in [0.1, 0.15) is 0 Å². The third-order valence-electron chi connectivity index (χ3n) is 3.07. The summed E-state index contributed by atoms with van der Waals surface area (Å²) in [4.78, 5) is 19.2. The van der Waals surface area contributed by atoms with Gasteiger partial charge in [-0.05, 0) is 45.8 Å². The summed E-state index contributed by atoms with van der Waals surface area (Å²) < 4.78 is 0.775. The smallest absolute Gasteiger partial charge is 0.256 e. The predicted octanol–water partition coefficient (Wildman–Crippen LogP) is 4.09. The molecule has 0 unspecified atom stereocenters. The first kappa shape index (κ1) is 13.6. The number of H-pyrrole nitrogens is 1. The van der Waals surface area contributed by atoms with Gasteiger partial charge in [0, 0.05) is 10.2 Å². The van der Waals surface area contributed by atoms with Crippen LogP contribution in [0.4, 0.5) is 5.69 Å². The second-order valence-electron chi connectivity index (χ2n) is 4.48. The Morgan fingerprint density at radius 1 is 1.10 bits per heavy atom. The molecule has 4 nitrogen and oxygen atoms in total. The normalized spacial score (nSPS) is 10.3. The molecule has 104 valence electrons. The highest BCUT2D eigenvalue weighted by Crippen LogP contribution is 2.21. The molecule has 0 bridgehead atoms. The number of imidazole rings is 1. The Kier molecular flexibility index (Phi) is 3.83. The lowest BCUT2D eigenvalue weighted by Crippen LogP contribution is -2.12. The maximum Gasteiger partial charge on any atom is 0.256 e. The molecule has 21 heavy (non-hydrogen) atoms. The second kappa shape index (κ2) is 5.93. The number of aromatic amines is 1. The van der Waals surface area contributed by atoms with E-state index >= 15 is 0 Å². The Morgan fingerprint density at radius 2 is 1.86 bits per heavy atom. The Bertz CT molecular complexity index is 751. The van der Waals surface area contributed by atoms with Crippen molar-refractivity contribution in [2.75, 3.05) is 5.32 Å². The number of nitrogens with zero attached hydrogens (tertiary/aromatic N) is 1. The summed E-state index contributed by atoms with van der Waals surface area (Å²) in [7, 11) is 0. The SMILES string of the molecule is O=C(Nc1ccc(-c2cnc[nH]2)cc1)c1ccccc1Br. The third kappa shape index (κ3) is 3.03. The minimum absolute atomic E-state index is 0.142. The summed E-state index contributed by atoms with van der Waals surface area (Å²) in [6, 6.07) is 14.9. The van der Waals surface area contributed by atoms with Gasteiger partial charge in [-0.15, -0.1) is 0 Å². The van der Waals surface area contributed by atoms with Crippen molar-refractivity contribution < 1.29 is 4.79 Å². The molecule has 0 radical (unpaired) electrons. The lowest BCUT2D eigenvalue weighted by molar-refractivity contribution is 0.102. The van der Waals surface area contributed by atoms with Crippen LogP contribution in [0.5, 0.6) is 0 Å². The van der Waals surface area contributed by atoms with E-state index in [0.29, 0.717) is 5.56 Å². The summed E-state index contributed by atoms with van der Waals surface area (Å²) >= 11 is 3.38. The number of benzene rings is 2. The van der Waals surface area contributed by atoms with Crippen LogP contribution in [0, 0.1) is 0 Å². The van der Waals surface area contributed by atoms with Gasteiger partial charge < -0.3 is 10.3 Å². The largest absolute Gasteiger partial charge is 0.345 e. The fourth-order valence-electron chi connectivity index (χ4n) is 1.99. The van der Waals surface area contributed by atoms with Gasteiger partial charge in [-0.25, -0.2) is 4.98 Å². The summed E-state index contributed by atoms with van der Waals surface area (Å²) in [5.74, 6) is -0.142. The van der Waals surface area contributed by atoms with E-state index in [9.17, 15) is 4.79 Å². The van der Waals surface area contributed by atoms with Crippen molar-refractivity contribution in [2.45, 2.75) is 0 Å². The minimum atomic E-state index is -0.142. The average Bonchev–Trinajstić information content (AvgIpc) is 3.02. The molecule has 0 aliphatic carbocycles. The number of aromatic nitrogens is 2. The molecule has 0 fully saturated rings. The Morgan fingerprint density at radius 3 is 2.52 bits per heavy atom. The van der Waals surface area contributed by atoms with Gasteiger partial charge in [0.05, 0.1) is 23.8 Å². The van der Waals surface area contributed by atoms with E-state index in [2.05, 4.69) is 31.2 Å². The van der Waals surface area contributed by atoms with Crippen molar-refractivity contribution in [3.8, 4) is 11.3 Å². The maximum absolute atomic E-state index is 12.2. The van der Waals surface area contributed by atoms with E-state index in [1.165, 1.54) is 0 Å². The van der Waals surface area contributed by atoms with E-state index in [0.717, 1.165) is 21.4 Å². The fourth-order valence-corrected chi connectivity index (χ4v) is 2.46. The van der Waals surface area contributed by atoms with Crippen molar-refractivity contribution in [2.24, 2.45) is 0 Å². The van der Waals surface area contributed by atoms with Gasteiger partial charge in [-0.3, -0.25) is 4.79 Å².